The number of sulfonamides is 1. The number of carbonyl (C=O) groups is 1. The third-order valence-corrected chi connectivity index (χ3v) is 9.72. The van der Waals surface area contributed by atoms with Crippen LogP contribution in [0.2, 0.25) is 0 Å². The Morgan fingerprint density at radius 3 is 2.65 bits per heavy atom. The van der Waals surface area contributed by atoms with Crippen LogP contribution in [0.25, 0.3) is 10.2 Å². The molecule has 1 amide bonds. The predicted octanol–water partition coefficient (Wildman–Crippen LogP) is 4.55. The van der Waals surface area contributed by atoms with Crippen LogP contribution in [0.15, 0.2) is 59.8 Å². The maximum Gasteiger partial charge on any atom is 0.243 e. The first-order valence-corrected chi connectivity index (χ1v) is 14.7. The van der Waals surface area contributed by atoms with E-state index in [0.29, 0.717) is 37.6 Å². The summed E-state index contributed by atoms with van der Waals surface area (Å²) in [4.78, 5) is 20.8. The van der Waals surface area contributed by atoms with Crippen molar-refractivity contribution in [3.63, 3.8) is 0 Å². The second-order valence-electron chi connectivity index (χ2n) is 9.70. The summed E-state index contributed by atoms with van der Waals surface area (Å²) in [7, 11) is -3.68. The normalized spacial score (nSPS) is 16.8. The summed E-state index contributed by atoms with van der Waals surface area (Å²) >= 11 is 1.50. The van der Waals surface area contributed by atoms with Gasteiger partial charge in [0.15, 0.2) is 5.13 Å². The van der Waals surface area contributed by atoms with Gasteiger partial charge in [-0.05, 0) is 69.0 Å². The van der Waals surface area contributed by atoms with Crippen molar-refractivity contribution < 1.29 is 13.2 Å². The van der Waals surface area contributed by atoms with E-state index >= 15 is 0 Å². The molecule has 0 radical (unpaired) electrons. The summed E-state index contributed by atoms with van der Waals surface area (Å²) in [5.41, 5.74) is 4.12. The predicted molar refractivity (Wildman–Crippen MR) is 146 cm³/mol. The van der Waals surface area contributed by atoms with Gasteiger partial charge >= 0.3 is 0 Å². The van der Waals surface area contributed by atoms with Gasteiger partial charge < -0.3 is 0 Å². The lowest BCUT2D eigenvalue weighted by Crippen LogP contribution is -2.47. The Bertz CT molecular complexity index is 1510. The van der Waals surface area contributed by atoms with Crippen LogP contribution in [0.4, 0.5) is 5.13 Å². The van der Waals surface area contributed by atoms with Crippen LogP contribution < -0.4 is 4.90 Å². The molecule has 4 aromatic rings. The Morgan fingerprint density at radius 1 is 1.14 bits per heavy atom. The zero-order chi connectivity index (χ0) is 26.2. The Balaban J connectivity index is 1.43. The summed E-state index contributed by atoms with van der Waals surface area (Å²) in [6.07, 6.45) is 4.85. The Hall–Kier alpha value is -3.08. The van der Waals surface area contributed by atoms with Gasteiger partial charge in [-0.2, -0.15) is 9.40 Å². The van der Waals surface area contributed by atoms with Crippen molar-refractivity contribution in [1.82, 2.24) is 19.1 Å². The van der Waals surface area contributed by atoms with Crippen LogP contribution >= 0.6 is 11.3 Å². The molecule has 0 N–H and O–H groups in total. The molecule has 0 aliphatic carbocycles. The molecule has 0 bridgehead atoms. The van der Waals surface area contributed by atoms with Crippen LogP contribution in [0.1, 0.15) is 29.5 Å². The number of hydrogen-bond donors (Lipinski definition) is 0. The van der Waals surface area contributed by atoms with Crippen molar-refractivity contribution in [3.8, 4) is 0 Å². The topological polar surface area (TPSA) is 88.4 Å². The van der Waals surface area contributed by atoms with Crippen molar-refractivity contribution in [2.24, 2.45) is 5.92 Å². The highest BCUT2D eigenvalue weighted by atomic mass is 32.2. The minimum atomic E-state index is -3.68. The summed E-state index contributed by atoms with van der Waals surface area (Å²) < 4.78 is 31.0. The highest BCUT2D eigenvalue weighted by molar-refractivity contribution is 7.89. The quantitative estimate of drug-likeness (QED) is 0.345. The third-order valence-electron chi connectivity index (χ3n) is 6.82. The number of piperidine rings is 1. The van der Waals surface area contributed by atoms with E-state index in [4.69, 9.17) is 4.98 Å². The molecule has 37 heavy (non-hydrogen) atoms. The smallest absolute Gasteiger partial charge is 0.243 e. The molecule has 1 aliphatic rings. The van der Waals surface area contributed by atoms with E-state index in [9.17, 15) is 13.2 Å². The molecule has 3 heterocycles. The zero-order valence-electron chi connectivity index (χ0n) is 21.3. The van der Waals surface area contributed by atoms with E-state index in [-0.39, 0.29) is 17.3 Å². The van der Waals surface area contributed by atoms with Crippen LogP contribution in [0.5, 0.6) is 0 Å². The van der Waals surface area contributed by atoms with E-state index in [1.54, 1.807) is 40.0 Å². The molecule has 1 fully saturated rings. The average Bonchev–Trinajstić information content (AvgIpc) is 3.55. The van der Waals surface area contributed by atoms with Crippen LogP contribution in [-0.2, 0) is 21.4 Å². The number of amides is 1. The molecule has 1 aliphatic heterocycles. The van der Waals surface area contributed by atoms with Gasteiger partial charge in [-0.25, -0.2) is 13.4 Å². The van der Waals surface area contributed by atoms with Crippen LogP contribution in [0, 0.1) is 26.7 Å². The van der Waals surface area contributed by atoms with Gasteiger partial charge in [0.1, 0.15) is 0 Å². The Labute approximate surface area is 221 Å². The monoisotopic (exact) mass is 537 g/mol. The van der Waals surface area contributed by atoms with Crippen molar-refractivity contribution in [3.05, 3.63) is 71.5 Å². The molecule has 0 spiro atoms. The number of carbonyl (C=O) groups excluding carboxylic acids is 1. The SMILES string of the molecule is Cc1ccc(S(=O)(=O)N2CCCC(C(=O)N(CCn3cccn3)c3nc4c(C)cc(C)cc4s3)C2)cc1. The molecule has 5 rings (SSSR count). The van der Waals surface area contributed by atoms with Gasteiger partial charge in [0.2, 0.25) is 15.9 Å². The number of hydrogen-bond acceptors (Lipinski definition) is 6. The molecule has 2 aromatic heterocycles. The molecule has 8 nitrogen and oxygen atoms in total. The molecule has 194 valence electrons. The molecule has 0 saturated carbocycles. The van der Waals surface area contributed by atoms with E-state index < -0.39 is 15.9 Å². The fourth-order valence-electron chi connectivity index (χ4n) is 4.85. The summed E-state index contributed by atoms with van der Waals surface area (Å²) in [6, 6.07) is 12.9. The lowest BCUT2D eigenvalue weighted by atomic mass is 9.98. The van der Waals surface area contributed by atoms with Crippen molar-refractivity contribution in [1.29, 1.82) is 0 Å². The van der Waals surface area contributed by atoms with Gasteiger partial charge in [-0.1, -0.05) is 35.1 Å². The van der Waals surface area contributed by atoms with Crippen LogP contribution in [-0.4, -0.2) is 53.0 Å². The van der Waals surface area contributed by atoms with E-state index in [0.717, 1.165) is 26.9 Å². The first-order valence-electron chi connectivity index (χ1n) is 12.5. The fraction of sp³-hybridized carbons (Fsp3) is 0.370. The lowest BCUT2D eigenvalue weighted by molar-refractivity contribution is -0.123. The number of nitrogens with zero attached hydrogens (tertiary/aromatic N) is 5. The van der Waals surface area contributed by atoms with Gasteiger partial charge in [0.05, 0.1) is 27.6 Å². The third kappa shape index (κ3) is 5.32. The number of anilines is 1. The number of aryl methyl sites for hydroxylation is 3. The minimum absolute atomic E-state index is 0.0932. The molecule has 1 saturated heterocycles. The van der Waals surface area contributed by atoms with Gasteiger partial charge in [0.25, 0.3) is 0 Å². The Kier molecular flexibility index (Phi) is 7.15. The maximum absolute atomic E-state index is 14.0. The molecule has 10 heteroatoms. The lowest BCUT2D eigenvalue weighted by Gasteiger charge is -2.33. The minimum Gasteiger partial charge on any atom is -0.286 e. The number of aromatic nitrogens is 3. The fourth-order valence-corrected chi connectivity index (χ4v) is 7.55. The zero-order valence-corrected chi connectivity index (χ0v) is 22.9. The summed E-state index contributed by atoms with van der Waals surface area (Å²) in [5.74, 6) is -0.536. The number of rotatable bonds is 7. The maximum atomic E-state index is 14.0. The summed E-state index contributed by atoms with van der Waals surface area (Å²) in [6.45, 7) is 7.50. The van der Waals surface area contributed by atoms with Gasteiger partial charge in [-0.3, -0.25) is 14.4 Å². The van der Waals surface area contributed by atoms with E-state index in [1.165, 1.54) is 15.6 Å². The van der Waals surface area contributed by atoms with Crippen molar-refractivity contribution in [2.75, 3.05) is 24.5 Å². The largest absolute Gasteiger partial charge is 0.286 e. The summed E-state index contributed by atoms with van der Waals surface area (Å²) in [5, 5.41) is 4.92. The molecule has 2 aromatic carbocycles. The first kappa shape index (κ1) is 25.6. The van der Waals surface area contributed by atoms with E-state index in [2.05, 4.69) is 24.2 Å². The Morgan fingerprint density at radius 2 is 1.92 bits per heavy atom. The average molecular weight is 538 g/mol. The van der Waals surface area contributed by atoms with Gasteiger partial charge in [0, 0.05) is 32.0 Å². The number of fused-ring (bicyclic) bond motifs is 1. The second kappa shape index (κ2) is 10.4. The van der Waals surface area contributed by atoms with Crippen molar-refractivity contribution >= 4 is 42.6 Å². The van der Waals surface area contributed by atoms with Crippen LogP contribution in [0.3, 0.4) is 0 Å². The standard InChI is InChI=1S/C27H31N5O3S2/c1-19-7-9-23(10-8-19)37(34,35)31-13-4-6-22(18-31)26(33)32(15-14-30-12-5-11-28-30)27-29-25-21(3)16-20(2)17-24(25)36-27/h5,7-12,16-17,22H,4,6,13-15,18H2,1-3H3. The van der Waals surface area contributed by atoms with Gasteiger partial charge in [-0.15, -0.1) is 0 Å². The molecular formula is C27H31N5O3S2. The molecule has 1 atom stereocenters. The number of thiazole rings is 1. The highest BCUT2D eigenvalue weighted by Crippen LogP contribution is 2.34. The number of benzene rings is 2. The molecule has 1 unspecified atom stereocenters. The first-order chi connectivity index (χ1) is 17.7. The van der Waals surface area contributed by atoms with Crippen molar-refractivity contribution in [2.45, 2.75) is 45.1 Å². The highest BCUT2D eigenvalue weighted by Gasteiger charge is 2.36. The molecular weight excluding hydrogens is 506 g/mol. The van der Waals surface area contributed by atoms with E-state index in [1.807, 2.05) is 26.1 Å². The second-order valence-corrected chi connectivity index (χ2v) is 12.6.